The highest BCUT2D eigenvalue weighted by Gasteiger charge is 2.26. The van der Waals surface area contributed by atoms with E-state index in [9.17, 15) is 0 Å². The molecule has 5 nitrogen and oxygen atoms in total. The largest absolute Gasteiger partial charge is 0.497 e. The second-order valence-corrected chi connectivity index (χ2v) is 7.72. The van der Waals surface area contributed by atoms with Crippen LogP contribution in [0.15, 0.2) is 42.5 Å². The maximum Gasteiger partial charge on any atom is 0.171 e. The Morgan fingerprint density at radius 3 is 2.36 bits per heavy atom. The first-order valence-electron chi connectivity index (χ1n) is 9.74. The number of ether oxygens (including phenoxy) is 2. The van der Waals surface area contributed by atoms with Crippen molar-refractivity contribution in [1.29, 1.82) is 0 Å². The Kier molecular flexibility index (Phi) is 7.25. The summed E-state index contributed by atoms with van der Waals surface area (Å²) in [6.07, 6.45) is 0. The van der Waals surface area contributed by atoms with Crippen LogP contribution in [0.5, 0.6) is 5.75 Å². The van der Waals surface area contributed by atoms with Crippen LogP contribution in [-0.4, -0.2) is 45.1 Å². The Hall–Kier alpha value is -2.15. The number of thiocarbonyl (C=S) groups is 1. The number of hydrogen-bond acceptors (Lipinski definition) is 3. The van der Waals surface area contributed by atoms with E-state index in [2.05, 4.69) is 54.8 Å². The summed E-state index contributed by atoms with van der Waals surface area (Å²) in [5.74, 6) is 0.874. The normalized spacial score (nSPS) is 15.7. The zero-order valence-electron chi connectivity index (χ0n) is 16.9. The fraction of sp³-hybridized carbons (Fsp3) is 0.409. The highest BCUT2D eigenvalue weighted by molar-refractivity contribution is 7.80. The number of methoxy groups -OCH3 is 1. The van der Waals surface area contributed by atoms with Crippen molar-refractivity contribution in [2.75, 3.05) is 45.3 Å². The number of rotatable bonds is 6. The van der Waals surface area contributed by atoms with E-state index in [1.54, 1.807) is 7.11 Å². The van der Waals surface area contributed by atoms with E-state index < -0.39 is 0 Å². The number of aryl methyl sites for hydroxylation is 2. The van der Waals surface area contributed by atoms with Crippen molar-refractivity contribution in [2.24, 2.45) is 0 Å². The van der Waals surface area contributed by atoms with E-state index in [4.69, 9.17) is 21.7 Å². The van der Waals surface area contributed by atoms with E-state index in [0.717, 1.165) is 44.3 Å². The molecule has 1 heterocycles. The number of nitrogens with one attached hydrogen (secondary N) is 3. The molecule has 0 bridgehead atoms. The fourth-order valence-electron chi connectivity index (χ4n) is 3.73. The predicted octanol–water partition coefficient (Wildman–Crippen LogP) is 2.25. The summed E-state index contributed by atoms with van der Waals surface area (Å²) in [6, 6.07) is 15.0. The number of anilines is 1. The molecule has 0 aromatic heterocycles. The summed E-state index contributed by atoms with van der Waals surface area (Å²) in [5.41, 5.74) is 4.74. The summed E-state index contributed by atoms with van der Waals surface area (Å²) < 4.78 is 10.9. The molecule has 0 unspecified atom stereocenters. The average Bonchev–Trinajstić information content (AvgIpc) is 2.68. The lowest BCUT2D eigenvalue weighted by Crippen LogP contribution is -3.15. The molecule has 0 aliphatic carbocycles. The monoisotopic (exact) mass is 400 g/mol. The van der Waals surface area contributed by atoms with E-state index >= 15 is 0 Å². The number of morpholine rings is 1. The fourth-order valence-corrected chi connectivity index (χ4v) is 3.93. The molecular weight excluding hydrogens is 370 g/mol. The molecule has 28 heavy (non-hydrogen) atoms. The van der Waals surface area contributed by atoms with Crippen molar-refractivity contribution < 1.29 is 14.4 Å². The third-order valence-corrected chi connectivity index (χ3v) is 5.34. The molecule has 1 atom stereocenters. The van der Waals surface area contributed by atoms with Gasteiger partial charge in [-0.3, -0.25) is 0 Å². The van der Waals surface area contributed by atoms with Crippen molar-refractivity contribution in [1.82, 2.24) is 5.32 Å². The quantitative estimate of drug-likeness (QED) is 0.650. The standard InChI is InChI=1S/C22H29N3O2S/c1-16-12-17(2)14-19(13-16)24-22(28)23-15-21(25-8-10-27-11-9-25)18-4-6-20(26-3)7-5-18/h4-7,12-14,21H,8-11,15H2,1-3H3,(H2,23,24,28)/p+1/t21-/m0/s1. The second kappa shape index (κ2) is 9.87. The van der Waals surface area contributed by atoms with Crippen LogP contribution in [-0.2, 0) is 4.74 Å². The molecule has 1 fully saturated rings. The maximum atomic E-state index is 5.56. The predicted molar refractivity (Wildman–Crippen MR) is 117 cm³/mol. The molecule has 1 aliphatic rings. The molecule has 2 aromatic carbocycles. The van der Waals surface area contributed by atoms with Gasteiger partial charge in [-0.1, -0.05) is 6.07 Å². The zero-order valence-corrected chi connectivity index (χ0v) is 17.7. The molecule has 2 aromatic rings. The molecule has 0 amide bonds. The van der Waals surface area contributed by atoms with Crippen LogP contribution in [0.2, 0.25) is 0 Å². The van der Waals surface area contributed by atoms with Gasteiger partial charge in [0.25, 0.3) is 0 Å². The van der Waals surface area contributed by atoms with Crippen molar-refractivity contribution in [3.8, 4) is 5.75 Å². The Labute approximate surface area is 173 Å². The summed E-state index contributed by atoms with van der Waals surface area (Å²) in [7, 11) is 1.69. The van der Waals surface area contributed by atoms with Crippen LogP contribution in [0.4, 0.5) is 5.69 Å². The Morgan fingerprint density at radius 2 is 1.75 bits per heavy atom. The molecule has 150 valence electrons. The third-order valence-electron chi connectivity index (χ3n) is 5.09. The SMILES string of the molecule is COc1ccc([C@H](CNC(=S)Nc2cc(C)cc(C)c2)[NH+]2CCOCC2)cc1. The zero-order chi connectivity index (χ0) is 19.9. The second-order valence-electron chi connectivity index (χ2n) is 7.31. The van der Waals surface area contributed by atoms with Gasteiger partial charge >= 0.3 is 0 Å². The summed E-state index contributed by atoms with van der Waals surface area (Å²) in [6.45, 7) is 8.54. The maximum absolute atomic E-state index is 5.56. The number of hydrogen-bond donors (Lipinski definition) is 3. The molecular formula is C22H30N3O2S+. The van der Waals surface area contributed by atoms with Gasteiger partial charge in [-0.25, -0.2) is 0 Å². The van der Waals surface area contributed by atoms with Crippen LogP contribution in [0, 0.1) is 13.8 Å². The minimum Gasteiger partial charge on any atom is -0.497 e. The molecule has 0 saturated carbocycles. The van der Waals surface area contributed by atoms with Gasteiger partial charge in [-0.2, -0.15) is 0 Å². The molecule has 3 N–H and O–H groups in total. The van der Waals surface area contributed by atoms with Gasteiger partial charge in [-0.15, -0.1) is 0 Å². The van der Waals surface area contributed by atoms with Gasteiger partial charge in [0.2, 0.25) is 0 Å². The van der Waals surface area contributed by atoms with E-state index in [1.807, 2.05) is 12.1 Å². The summed E-state index contributed by atoms with van der Waals surface area (Å²) >= 11 is 5.56. The van der Waals surface area contributed by atoms with Crippen molar-refractivity contribution in [2.45, 2.75) is 19.9 Å². The Morgan fingerprint density at radius 1 is 1.11 bits per heavy atom. The lowest BCUT2D eigenvalue weighted by atomic mass is 10.0. The van der Waals surface area contributed by atoms with Crippen LogP contribution in [0.25, 0.3) is 0 Å². The third kappa shape index (κ3) is 5.67. The van der Waals surface area contributed by atoms with Gasteiger partial charge in [0, 0.05) is 11.3 Å². The summed E-state index contributed by atoms with van der Waals surface area (Å²) in [4.78, 5) is 1.51. The lowest BCUT2D eigenvalue weighted by molar-refractivity contribution is -0.937. The lowest BCUT2D eigenvalue weighted by Gasteiger charge is -2.32. The van der Waals surface area contributed by atoms with Gasteiger partial charge in [-0.05, 0) is 73.6 Å². The van der Waals surface area contributed by atoms with Gasteiger partial charge in [0.05, 0.1) is 26.9 Å². The van der Waals surface area contributed by atoms with E-state index in [0.29, 0.717) is 11.2 Å². The molecule has 0 spiro atoms. The molecule has 0 radical (unpaired) electrons. The van der Waals surface area contributed by atoms with Gasteiger partial charge < -0.3 is 25.0 Å². The Bertz CT molecular complexity index is 769. The smallest absolute Gasteiger partial charge is 0.171 e. The van der Waals surface area contributed by atoms with Crippen LogP contribution < -0.4 is 20.3 Å². The van der Waals surface area contributed by atoms with Crippen molar-refractivity contribution >= 4 is 23.0 Å². The van der Waals surface area contributed by atoms with E-state index in [-0.39, 0.29) is 0 Å². The Balaban J connectivity index is 1.67. The van der Waals surface area contributed by atoms with Crippen molar-refractivity contribution in [3.05, 3.63) is 59.2 Å². The molecule has 1 aliphatic heterocycles. The molecule has 3 rings (SSSR count). The molecule has 1 saturated heterocycles. The van der Waals surface area contributed by atoms with Crippen LogP contribution in [0.3, 0.4) is 0 Å². The minimum absolute atomic E-state index is 0.300. The first-order chi connectivity index (χ1) is 13.5. The van der Waals surface area contributed by atoms with Crippen LogP contribution >= 0.6 is 12.2 Å². The van der Waals surface area contributed by atoms with Gasteiger partial charge in [0.1, 0.15) is 24.9 Å². The summed E-state index contributed by atoms with van der Waals surface area (Å²) in [5, 5.41) is 7.39. The molecule has 6 heteroatoms. The highest BCUT2D eigenvalue weighted by Crippen LogP contribution is 2.17. The highest BCUT2D eigenvalue weighted by atomic mass is 32.1. The number of quaternary nitrogens is 1. The average molecular weight is 401 g/mol. The van der Waals surface area contributed by atoms with E-state index in [1.165, 1.54) is 21.6 Å². The van der Waals surface area contributed by atoms with Gasteiger partial charge in [0.15, 0.2) is 5.11 Å². The first kappa shape index (κ1) is 20.6. The minimum atomic E-state index is 0.300. The van der Waals surface area contributed by atoms with Crippen LogP contribution in [0.1, 0.15) is 22.7 Å². The number of benzene rings is 2. The first-order valence-corrected chi connectivity index (χ1v) is 10.2. The topological polar surface area (TPSA) is 47.0 Å². The van der Waals surface area contributed by atoms with Crippen molar-refractivity contribution in [3.63, 3.8) is 0 Å².